The first-order valence-corrected chi connectivity index (χ1v) is 6.18. The third kappa shape index (κ3) is 2.24. The molecular formula is C11H14N2O2S. The van der Waals surface area contributed by atoms with Crippen LogP contribution >= 0.6 is 11.3 Å². The Hall–Kier alpha value is -1.36. The number of aryl methyl sites for hydroxylation is 1. The van der Waals surface area contributed by atoms with Gasteiger partial charge < -0.3 is 11.1 Å². The molecule has 1 unspecified atom stereocenters. The van der Waals surface area contributed by atoms with Crippen molar-refractivity contribution in [2.45, 2.75) is 25.2 Å². The zero-order chi connectivity index (χ0) is 11.5. The summed E-state index contributed by atoms with van der Waals surface area (Å²) in [5, 5.41) is 4.59. The molecule has 0 saturated heterocycles. The van der Waals surface area contributed by atoms with Crippen molar-refractivity contribution in [2.24, 2.45) is 5.73 Å². The van der Waals surface area contributed by atoms with Gasteiger partial charge in [-0.1, -0.05) is 0 Å². The van der Waals surface area contributed by atoms with Crippen LogP contribution in [-0.2, 0) is 16.0 Å². The molecule has 0 bridgehead atoms. The molecule has 2 amide bonds. The molecular weight excluding hydrogens is 224 g/mol. The highest BCUT2D eigenvalue weighted by Crippen LogP contribution is 2.34. The lowest BCUT2D eigenvalue weighted by Crippen LogP contribution is -2.37. The number of thiophene rings is 1. The molecule has 0 fully saturated rings. The number of nitrogens with two attached hydrogens (primary N) is 1. The van der Waals surface area contributed by atoms with E-state index >= 15 is 0 Å². The Bertz CT molecular complexity index is 414. The Kier molecular flexibility index (Phi) is 3.24. The summed E-state index contributed by atoms with van der Waals surface area (Å²) in [5.41, 5.74) is 6.12. The Morgan fingerprint density at radius 3 is 3.12 bits per heavy atom. The standard InChI is InChI=1S/C11H14N2O2S/c12-10(14)6-13-11(15)8-2-1-3-9-7(8)4-5-16-9/h4-5,8H,1-3,6H2,(H2,12,14)(H,13,15). The Morgan fingerprint density at radius 1 is 1.56 bits per heavy atom. The molecule has 1 aromatic rings. The lowest BCUT2D eigenvalue weighted by Gasteiger charge is -2.21. The van der Waals surface area contributed by atoms with Crippen molar-refractivity contribution < 1.29 is 9.59 Å². The van der Waals surface area contributed by atoms with Crippen molar-refractivity contribution >= 4 is 23.2 Å². The van der Waals surface area contributed by atoms with Crippen molar-refractivity contribution in [1.82, 2.24) is 5.32 Å². The molecule has 0 saturated carbocycles. The number of carbonyl (C=O) groups is 2. The zero-order valence-electron chi connectivity index (χ0n) is 8.86. The monoisotopic (exact) mass is 238 g/mol. The van der Waals surface area contributed by atoms with Crippen LogP contribution in [0.5, 0.6) is 0 Å². The molecule has 0 aliphatic heterocycles. The minimum atomic E-state index is -0.505. The predicted molar refractivity (Wildman–Crippen MR) is 62.2 cm³/mol. The topological polar surface area (TPSA) is 72.2 Å². The van der Waals surface area contributed by atoms with Crippen molar-refractivity contribution in [1.29, 1.82) is 0 Å². The minimum Gasteiger partial charge on any atom is -0.368 e. The van der Waals surface area contributed by atoms with Gasteiger partial charge in [0, 0.05) is 4.88 Å². The second-order valence-corrected chi connectivity index (χ2v) is 4.93. The fourth-order valence-corrected chi connectivity index (χ4v) is 3.04. The fourth-order valence-electron chi connectivity index (χ4n) is 2.06. The number of hydrogen-bond donors (Lipinski definition) is 2. The molecule has 3 N–H and O–H groups in total. The summed E-state index contributed by atoms with van der Waals surface area (Å²) in [6.07, 6.45) is 2.95. The van der Waals surface area contributed by atoms with E-state index in [1.165, 1.54) is 4.88 Å². The van der Waals surface area contributed by atoms with Gasteiger partial charge in [-0.15, -0.1) is 11.3 Å². The third-order valence-corrected chi connectivity index (χ3v) is 3.80. The van der Waals surface area contributed by atoms with Crippen molar-refractivity contribution in [3.8, 4) is 0 Å². The Morgan fingerprint density at radius 2 is 2.38 bits per heavy atom. The summed E-state index contributed by atoms with van der Waals surface area (Å²) < 4.78 is 0. The highest BCUT2D eigenvalue weighted by atomic mass is 32.1. The Balaban J connectivity index is 2.06. The second kappa shape index (κ2) is 4.65. The minimum absolute atomic E-state index is 0.0746. The number of nitrogens with one attached hydrogen (secondary N) is 1. The molecule has 2 rings (SSSR count). The average Bonchev–Trinajstić information content (AvgIpc) is 2.73. The van der Waals surface area contributed by atoms with Crippen LogP contribution in [0, 0.1) is 0 Å². The van der Waals surface area contributed by atoms with Gasteiger partial charge >= 0.3 is 0 Å². The van der Waals surface area contributed by atoms with Crippen LogP contribution in [0.3, 0.4) is 0 Å². The smallest absolute Gasteiger partial charge is 0.236 e. The summed E-state index contributed by atoms with van der Waals surface area (Å²) in [4.78, 5) is 23.7. The van der Waals surface area contributed by atoms with E-state index in [0.717, 1.165) is 24.8 Å². The van der Waals surface area contributed by atoms with Gasteiger partial charge in [0.05, 0.1) is 12.5 Å². The van der Waals surface area contributed by atoms with E-state index in [4.69, 9.17) is 5.73 Å². The van der Waals surface area contributed by atoms with Crippen LogP contribution in [0.25, 0.3) is 0 Å². The van der Waals surface area contributed by atoms with Gasteiger partial charge in [0.25, 0.3) is 0 Å². The molecule has 4 nitrogen and oxygen atoms in total. The maximum atomic E-state index is 11.8. The SMILES string of the molecule is NC(=O)CNC(=O)C1CCCc2sccc21. The quantitative estimate of drug-likeness (QED) is 0.816. The summed E-state index contributed by atoms with van der Waals surface area (Å²) in [6, 6.07) is 2.01. The normalized spacial score (nSPS) is 18.9. The maximum Gasteiger partial charge on any atom is 0.236 e. The summed E-state index contributed by atoms with van der Waals surface area (Å²) in [6.45, 7) is -0.0746. The highest BCUT2D eigenvalue weighted by molar-refractivity contribution is 7.10. The molecule has 1 aliphatic rings. The lowest BCUT2D eigenvalue weighted by molar-refractivity contribution is -0.126. The first-order valence-electron chi connectivity index (χ1n) is 5.31. The Labute approximate surface area is 97.8 Å². The zero-order valence-corrected chi connectivity index (χ0v) is 9.68. The van der Waals surface area contributed by atoms with Crippen molar-refractivity contribution in [3.05, 3.63) is 21.9 Å². The van der Waals surface area contributed by atoms with Crippen LogP contribution in [0.1, 0.15) is 29.2 Å². The van der Waals surface area contributed by atoms with Gasteiger partial charge in [-0.05, 0) is 36.3 Å². The number of rotatable bonds is 3. The van der Waals surface area contributed by atoms with Crippen LogP contribution < -0.4 is 11.1 Å². The predicted octanol–water partition coefficient (Wildman–Crippen LogP) is 0.769. The maximum absolute atomic E-state index is 11.8. The van der Waals surface area contributed by atoms with Crippen LogP contribution in [0.4, 0.5) is 0 Å². The number of primary amides is 1. The third-order valence-electron chi connectivity index (χ3n) is 2.81. The van der Waals surface area contributed by atoms with Gasteiger partial charge in [0.15, 0.2) is 0 Å². The van der Waals surface area contributed by atoms with E-state index in [0.29, 0.717) is 0 Å². The summed E-state index contributed by atoms with van der Waals surface area (Å²) >= 11 is 1.70. The average molecular weight is 238 g/mol. The molecule has 1 aliphatic carbocycles. The van der Waals surface area contributed by atoms with E-state index in [1.54, 1.807) is 11.3 Å². The number of carbonyl (C=O) groups excluding carboxylic acids is 2. The first kappa shape index (κ1) is 11.1. The summed E-state index contributed by atoms with van der Waals surface area (Å²) in [7, 11) is 0. The van der Waals surface area contributed by atoms with Crippen molar-refractivity contribution in [3.63, 3.8) is 0 Å². The van der Waals surface area contributed by atoms with E-state index in [-0.39, 0.29) is 18.4 Å². The van der Waals surface area contributed by atoms with E-state index in [9.17, 15) is 9.59 Å². The molecule has 5 heteroatoms. The van der Waals surface area contributed by atoms with Gasteiger partial charge in [0.2, 0.25) is 11.8 Å². The number of amides is 2. The van der Waals surface area contributed by atoms with Gasteiger partial charge in [0.1, 0.15) is 0 Å². The molecule has 1 aromatic heterocycles. The largest absolute Gasteiger partial charge is 0.368 e. The molecule has 16 heavy (non-hydrogen) atoms. The molecule has 0 radical (unpaired) electrons. The van der Waals surface area contributed by atoms with Crippen LogP contribution in [0.2, 0.25) is 0 Å². The van der Waals surface area contributed by atoms with E-state index in [1.807, 2.05) is 11.4 Å². The van der Waals surface area contributed by atoms with Crippen LogP contribution in [-0.4, -0.2) is 18.4 Å². The van der Waals surface area contributed by atoms with Crippen LogP contribution in [0.15, 0.2) is 11.4 Å². The first-order chi connectivity index (χ1) is 7.68. The fraction of sp³-hybridized carbons (Fsp3) is 0.455. The van der Waals surface area contributed by atoms with E-state index < -0.39 is 5.91 Å². The number of hydrogen-bond acceptors (Lipinski definition) is 3. The molecule has 1 heterocycles. The summed E-state index contributed by atoms with van der Waals surface area (Å²) in [5.74, 6) is -0.692. The molecule has 0 spiro atoms. The van der Waals surface area contributed by atoms with Gasteiger partial charge in [-0.2, -0.15) is 0 Å². The lowest BCUT2D eigenvalue weighted by atomic mass is 9.87. The highest BCUT2D eigenvalue weighted by Gasteiger charge is 2.27. The molecule has 0 aromatic carbocycles. The van der Waals surface area contributed by atoms with Gasteiger partial charge in [-0.25, -0.2) is 0 Å². The van der Waals surface area contributed by atoms with Gasteiger partial charge in [-0.3, -0.25) is 9.59 Å². The molecule has 86 valence electrons. The molecule has 1 atom stereocenters. The second-order valence-electron chi connectivity index (χ2n) is 3.93. The number of fused-ring (bicyclic) bond motifs is 1. The van der Waals surface area contributed by atoms with E-state index in [2.05, 4.69) is 5.32 Å². The van der Waals surface area contributed by atoms with Crippen molar-refractivity contribution in [2.75, 3.05) is 6.54 Å².